The molecule has 1 fully saturated rings. The molecular weight excluding hydrogens is 326 g/mol. The van der Waals surface area contributed by atoms with Crippen molar-refractivity contribution in [2.24, 2.45) is 4.99 Å². The largest absolute Gasteiger partial charge is 0.378 e. The summed E-state index contributed by atoms with van der Waals surface area (Å²) in [7, 11) is 0. The number of pyridine rings is 1. The monoisotopic (exact) mass is 351 g/mol. The highest BCUT2D eigenvalue weighted by Gasteiger charge is 2.27. The molecule has 3 aliphatic rings. The molecule has 6 nitrogen and oxygen atoms in total. The Hall–Kier alpha value is -2.60. The molecule has 6 heteroatoms. The smallest absolute Gasteiger partial charge is 0.140 e. The number of hydrogen-bond acceptors (Lipinski definition) is 6. The van der Waals surface area contributed by atoms with E-state index >= 15 is 0 Å². The first-order valence-corrected chi connectivity index (χ1v) is 9.16. The van der Waals surface area contributed by atoms with Crippen LogP contribution >= 0.6 is 0 Å². The highest BCUT2D eigenvalue weighted by atomic mass is 16.5. The van der Waals surface area contributed by atoms with Gasteiger partial charge in [0, 0.05) is 43.8 Å². The second kappa shape index (κ2) is 7.33. The molecule has 0 saturated carbocycles. The van der Waals surface area contributed by atoms with Gasteiger partial charge in [-0.3, -0.25) is 4.98 Å². The van der Waals surface area contributed by atoms with Gasteiger partial charge in [0.1, 0.15) is 11.7 Å². The van der Waals surface area contributed by atoms with Gasteiger partial charge in [0.15, 0.2) is 0 Å². The number of amidine groups is 1. The van der Waals surface area contributed by atoms with Crippen molar-refractivity contribution in [1.29, 1.82) is 0 Å². The SMILES string of the molecule is CC1=CN2CC=C(N3CCOCC3)N=C2C(C(C)Nc2cccnc2)=C1. The number of rotatable bonds is 4. The maximum absolute atomic E-state index is 5.47. The number of aromatic nitrogens is 1. The van der Waals surface area contributed by atoms with E-state index in [0.29, 0.717) is 0 Å². The van der Waals surface area contributed by atoms with Crippen LogP contribution in [0.1, 0.15) is 13.8 Å². The van der Waals surface area contributed by atoms with E-state index in [1.807, 2.05) is 18.3 Å². The summed E-state index contributed by atoms with van der Waals surface area (Å²) in [5, 5.41) is 3.54. The van der Waals surface area contributed by atoms with Gasteiger partial charge in [-0.1, -0.05) is 0 Å². The minimum atomic E-state index is 0.133. The molecule has 1 atom stereocenters. The van der Waals surface area contributed by atoms with Crippen molar-refractivity contribution in [2.45, 2.75) is 19.9 Å². The third kappa shape index (κ3) is 3.51. The number of allylic oxidation sites excluding steroid dienone is 2. The molecule has 26 heavy (non-hydrogen) atoms. The summed E-state index contributed by atoms with van der Waals surface area (Å²) in [6, 6.07) is 4.11. The average Bonchev–Trinajstić information content (AvgIpc) is 2.68. The summed E-state index contributed by atoms with van der Waals surface area (Å²) in [5.41, 5.74) is 3.45. The summed E-state index contributed by atoms with van der Waals surface area (Å²) in [5.74, 6) is 2.09. The Labute approximate surface area is 154 Å². The Bertz CT molecular complexity index is 775. The van der Waals surface area contributed by atoms with Crippen LogP contribution in [-0.2, 0) is 4.74 Å². The number of anilines is 1. The van der Waals surface area contributed by atoms with Crippen LogP contribution in [0, 0.1) is 0 Å². The molecular formula is C20H25N5O. The third-order valence-corrected chi connectivity index (χ3v) is 4.81. The van der Waals surface area contributed by atoms with E-state index in [1.54, 1.807) is 6.20 Å². The summed E-state index contributed by atoms with van der Waals surface area (Å²) in [6.45, 7) is 8.50. The Morgan fingerprint density at radius 3 is 2.88 bits per heavy atom. The Morgan fingerprint density at radius 1 is 1.27 bits per heavy atom. The zero-order chi connectivity index (χ0) is 17.9. The maximum atomic E-state index is 5.47. The van der Waals surface area contributed by atoms with E-state index in [9.17, 15) is 0 Å². The first kappa shape index (κ1) is 16.8. The maximum Gasteiger partial charge on any atom is 0.140 e. The van der Waals surface area contributed by atoms with Crippen molar-refractivity contribution in [3.63, 3.8) is 0 Å². The van der Waals surface area contributed by atoms with Gasteiger partial charge < -0.3 is 19.9 Å². The van der Waals surface area contributed by atoms with Gasteiger partial charge in [-0.2, -0.15) is 0 Å². The molecule has 0 aromatic carbocycles. The predicted molar refractivity (Wildman–Crippen MR) is 104 cm³/mol. The van der Waals surface area contributed by atoms with Crippen LogP contribution in [0.5, 0.6) is 0 Å². The van der Waals surface area contributed by atoms with Gasteiger partial charge in [-0.25, -0.2) is 4.99 Å². The Balaban J connectivity index is 1.59. The standard InChI is InChI=1S/C20H25N5O/c1-15-12-18(16(2)22-17-4-3-6-21-13-17)20-23-19(5-7-25(20)14-15)24-8-10-26-11-9-24/h3-6,12-14,16,22H,7-11H2,1-2H3. The van der Waals surface area contributed by atoms with Crippen LogP contribution in [0.15, 0.2) is 64.8 Å². The molecule has 3 aliphatic heterocycles. The molecule has 0 amide bonds. The number of morpholine rings is 1. The molecule has 0 bridgehead atoms. The highest BCUT2D eigenvalue weighted by Crippen LogP contribution is 2.26. The molecule has 0 spiro atoms. The molecule has 4 rings (SSSR count). The van der Waals surface area contributed by atoms with Crippen molar-refractivity contribution in [3.8, 4) is 0 Å². The molecule has 1 saturated heterocycles. The predicted octanol–water partition coefficient (Wildman–Crippen LogP) is 2.61. The van der Waals surface area contributed by atoms with Crippen molar-refractivity contribution in [3.05, 3.63) is 59.8 Å². The number of nitrogens with one attached hydrogen (secondary N) is 1. The fourth-order valence-electron chi connectivity index (χ4n) is 3.51. The van der Waals surface area contributed by atoms with Crippen LogP contribution in [-0.4, -0.2) is 59.5 Å². The molecule has 136 valence electrons. The Kier molecular flexibility index (Phi) is 4.75. The first-order chi connectivity index (χ1) is 12.7. The molecule has 1 unspecified atom stereocenters. The normalized spacial score (nSPS) is 21.2. The van der Waals surface area contributed by atoms with Crippen molar-refractivity contribution < 1.29 is 4.74 Å². The van der Waals surface area contributed by atoms with Gasteiger partial charge in [0.25, 0.3) is 0 Å². The zero-order valence-corrected chi connectivity index (χ0v) is 15.4. The van der Waals surface area contributed by atoms with Gasteiger partial charge >= 0.3 is 0 Å². The van der Waals surface area contributed by atoms with E-state index in [2.05, 4.69) is 52.3 Å². The number of hydrogen-bond donors (Lipinski definition) is 1. The minimum absolute atomic E-state index is 0.133. The van der Waals surface area contributed by atoms with Crippen LogP contribution < -0.4 is 5.32 Å². The van der Waals surface area contributed by atoms with Crippen LogP contribution in [0.4, 0.5) is 5.69 Å². The first-order valence-electron chi connectivity index (χ1n) is 9.16. The van der Waals surface area contributed by atoms with Crippen molar-refractivity contribution >= 4 is 11.5 Å². The fraction of sp³-hybridized carbons (Fsp3) is 0.400. The third-order valence-electron chi connectivity index (χ3n) is 4.81. The summed E-state index contributed by atoms with van der Waals surface area (Å²) in [4.78, 5) is 13.8. The minimum Gasteiger partial charge on any atom is -0.378 e. The highest BCUT2D eigenvalue weighted by molar-refractivity contribution is 6.03. The lowest BCUT2D eigenvalue weighted by molar-refractivity contribution is 0.0527. The van der Waals surface area contributed by atoms with Crippen molar-refractivity contribution in [1.82, 2.24) is 14.8 Å². The number of nitrogens with zero attached hydrogens (tertiary/aromatic N) is 4. The molecule has 0 aliphatic carbocycles. The van der Waals surface area contributed by atoms with E-state index in [0.717, 1.165) is 50.2 Å². The fourth-order valence-corrected chi connectivity index (χ4v) is 3.51. The molecule has 1 N–H and O–H groups in total. The van der Waals surface area contributed by atoms with Crippen LogP contribution in [0.3, 0.4) is 0 Å². The van der Waals surface area contributed by atoms with E-state index in [4.69, 9.17) is 9.73 Å². The van der Waals surface area contributed by atoms with E-state index in [-0.39, 0.29) is 6.04 Å². The van der Waals surface area contributed by atoms with Crippen LogP contribution in [0.25, 0.3) is 0 Å². The lowest BCUT2D eigenvalue weighted by atomic mass is 10.00. The number of ether oxygens (including phenoxy) is 1. The van der Waals surface area contributed by atoms with Crippen molar-refractivity contribution in [2.75, 3.05) is 38.2 Å². The topological polar surface area (TPSA) is 53.0 Å². The average molecular weight is 351 g/mol. The summed E-state index contributed by atoms with van der Waals surface area (Å²) >= 11 is 0. The van der Waals surface area contributed by atoms with E-state index in [1.165, 1.54) is 11.1 Å². The number of aliphatic imine (C=N–C) groups is 1. The quantitative estimate of drug-likeness (QED) is 0.904. The van der Waals surface area contributed by atoms with Gasteiger partial charge in [-0.05, 0) is 43.7 Å². The lowest BCUT2D eigenvalue weighted by Crippen LogP contribution is -2.41. The summed E-state index contributed by atoms with van der Waals surface area (Å²) in [6.07, 6.45) is 10.2. The molecule has 4 heterocycles. The molecule has 1 aromatic rings. The molecule has 1 aromatic heterocycles. The van der Waals surface area contributed by atoms with Gasteiger partial charge in [0.2, 0.25) is 0 Å². The number of fused-ring (bicyclic) bond motifs is 1. The second-order valence-electron chi connectivity index (χ2n) is 6.83. The van der Waals surface area contributed by atoms with Gasteiger partial charge in [-0.15, -0.1) is 0 Å². The van der Waals surface area contributed by atoms with E-state index < -0.39 is 0 Å². The molecule has 0 radical (unpaired) electrons. The van der Waals surface area contributed by atoms with Gasteiger partial charge in [0.05, 0.1) is 24.9 Å². The lowest BCUT2D eigenvalue weighted by Gasteiger charge is -2.36. The van der Waals surface area contributed by atoms with Crippen LogP contribution in [0.2, 0.25) is 0 Å². The summed E-state index contributed by atoms with van der Waals surface area (Å²) < 4.78 is 5.47. The Morgan fingerprint density at radius 2 is 2.12 bits per heavy atom. The second-order valence-corrected chi connectivity index (χ2v) is 6.83. The zero-order valence-electron chi connectivity index (χ0n) is 15.4.